The van der Waals surface area contributed by atoms with Crippen LogP contribution in [0.4, 0.5) is 0 Å². The predicted molar refractivity (Wildman–Crippen MR) is 23.8 cm³/mol. The van der Waals surface area contributed by atoms with Crippen LogP contribution in [0.3, 0.4) is 0 Å². The monoisotopic (exact) mass is 220 g/mol. The van der Waals surface area contributed by atoms with Crippen molar-refractivity contribution in [3.05, 3.63) is 0 Å². The Labute approximate surface area is 70.6 Å². The topological polar surface area (TPSA) is 118 Å². The molecule has 0 atom stereocenters. The average Bonchev–Trinajstić information content (AvgIpc) is 1.19. The Hall–Kier alpha value is -0.0366. The van der Waals surface area contributed by atoms with Gasteiger partial charge in [0.05, 0.1) is 0 Å². The summed E-state index contributed by atoms with van der Waals surface area (Å²) in [5, 5.41) is 7.42. The summed E-state index contributed by atoms with van der Waals surface area (Å²) in [6, 6.07) is 0. The number of carboxylic acids is 1. The zero-order valence-corrected chi connectivity index (χ0v) is 8.89. The molecule has 0 bridgehead atoms. The van der Waals surface area contributed by atoms with Crippen molar-refractivity contribution in [2.45, 2.75) is 6.92 Å². The summed E-state index contributed by atoms with van der Waals surface area (Å²) in [5.74, 6) is -0.833. The standard InChI is InChI=1S/C2H4O2.H2O4S.Zn/c1-2(3)4;1-5(2,3)4;/h1H3,(H,3,4);(H2,1,2,3,4);/q;;+2/p-2. The minimum absolute atomic E-state index is 0. The van der Waals surface area contributed by atoms with Crippen molar-refractivity contribution in [3.63, 3.8) is 0 Å². The van der Waals surface area contributed by atoms with E-state index in [-0.39, 0.29) is 19.5 Å². The first-order valence-electron chi connectivity index (χ1n) is 1.59. The molecule has 0 aromatic heterocycles. The molecular formula is C2H4O6SZn. The van der Waals surface area contributed by atoms with Crippen LogP contribution < -0.4 is 0 Å². The summed E-state index contributed by atoms with van der Waals surface area (Å²) >= 11 is 0. The van der Waals surface area contributed by atoms with E-state index in [0.717, 1.165) is 6.92 Å². The van der Waals surface area contributed by atoms with E-state index < -0.39 is 16.4 Å². The largest absolute Gasteiger partial charge is 2.00 e. The minimum atomic E-state index is -5.17. The SMILES string of the molecule is CC(=O)O.O=S(=O)([O-])[O-].[Zn+2]. The molecule has 0 heterocycles. The third-order valence-corrected chi connectivity index (χ3v) is 0. The summed E-state index contributed by atoms with van der Waals surface area (Å²) in [4.78, 5) is 9.00. The Morgan fingerprint density at radius 3 is 1.40 bits per heavy atom. The van der Waals surface area contributed by atoms with E-state index in [1.54, 1.807) is 0 Å². The van der Waals surface area contributed by atoms with Crippen LogP contribution in [0.15, 0.2) is 0 Å². The van der Waals surface area contributed by atoms with Gasteiger partial charge in [0.1, 0.15) is 0 Å². The second-order valence-corrected chi connectivity index (χ2v) is 1.74. The van der Waals surface area contributed by atoms with Crippen LogP contribution in [0.25, 0.3) is 0 Å². The van der Waals surface area contributed by atoms with Gasteiger partial charge in [-0.25, -0.2) is 0 Å². The molecule has 0 aliphatic rings. The summed E-state index contributed by atoms with van der Waals surface area (Å²) in [6.45, 7) is 1.08. The fourth-order valence-corrected chi connectivity index (χ4v) is 0. The third-order valence-electron chi connectivity index (χ3n) is 0. The number of carboxylic acid groups (broad SMARTS) is 1. The van der Waals surface area contributed by atoms with Crippen molar-refractivity contribution < 1.29 is 46.9 Å². The first-order chi connectivity index (χ1) is 3.73. The van der Waals surface area contributed by atoms with Crippen molar-refractivity contribution in [3.8, 4) is 0 Å². The maximum Gasteiger partial charge on any atom is 2.00 e. The molecule has 6 nitrogen and oxygen atoms in total. The fourth-order valence-electron chi connectivity index (χ4n) is 0. The Bertz CT molecular complexity index is 158. The molecule has 0 amide bonds. The van der Waals surface area contributed by atoms with Crippen LogP contribution in [-0.2, 0) is 34.7 Å². The maximum atomic E-state index is 9.00. The first-order valence-corrected chi connectivity index (χ1v) is 2.93. The summed E-state index contributed by atoms with van der Waals surface area (Å²) in [6.07, 6.45) is 0. The van der Waals surface area contributed by atoms with E-state index in [9.17, 15) is 0 Å². The van der Waals surface area contributed by atoms with Gasteiger partial charge in [0.2, 0.25) is 0 Å². The van der Waals surface area contributed by atoms with Crippen LogP contribution in [0.1, 0.15) is 6.92 Å². The molecule has 0 radical (unpaired) electrons. The van der Waals surface area contributed by atoms with Crippen molar-refractivity contribution in [1.29, 1.82) is 0 Å². The molecule has 1 N–H and O–H groups in total. The molecular weight excluding hydrogens is 217 g/mol. The number of carbonyl (C=O) groups is 1. The fraction of sp³-hybridized carbons (Fsp3) is 0.500. The van der Waals surface area contributed by atoms with Gasteiger partial charge < -0.3 is 14.2 Å². The van der Waals surface area contributed by atoms with E-state index in [1.807, 2.05) is 0 Å². The number of hydrogen-bond donors (Lipinski definition) is 1. The number of hydrogen-bond acceptors (Lipinski definition) is 5. The van der Waals surface area contributed by atoms with Crippen LogP contribution >= 0.6 is 0 Å². The van der Waals surface area contributed by atoms with E-state index in [2.05, 4.69) is 0 Å². The van der Waals surface area contributed by atoms with Gasteiger partial charge in [-0.15, -0.1) is 0 Å². The quantitative estimate of drug-likeness (QED) is 0.310. The van der Waals surface area contributed by atoms with Gasteiger partial charge in [0, 0.05) is 17.3 Å². The predicted octanol–water partition coefficient (Wildman–Crippen LogP) is -1.25. The smallest absolute Gasteiger partial charge is 0.759 e. The molecule has 8 heteroatoms. The molecule has 0 saturated heterocycles. The van der Waals surface area contributed by atoms with Crippen molar-refractivity contribution in [2.24, 2.45) is 0 Å². The van der Waals surface area contributed by atoms with E-state index >= 15 is 0 Å². The maximum absolute atomic E-state index is 9.00. The van der Waals surface area contributed by atoms with Crippen molar-refractivity contribution in [2.75, 3.05) is 0 Å². The zero-order chi connectivity index (χ0) is 8.08. The van der Waals surface area contributed by atoms with Crippen molar-refractivity contribution in [1.82, 2.24) is 0 Å². The molecule has 0 aromatic carbocycles. The number of aliphatic carboxylic acids is 1. The Morgan fingerprint density at radius 1 is 1.40 bits per heavy atom. The van der Waals surface area contributed by atoms with E-state index in [0.29, 0.717) is 0 Å². The van der Waals surface area contributed by atoms with Crippen molar-refractivity contribution >= 4 is 16.4 Å². The van der Waals surface area contributed by atoms with Crippen LogP contribution in [0, 0.1) is 0 Å². The van der Waals surface area contributed by atoms with E-state index in [4.69, 9.17) is 27.4 Å². The van der Waals surface area contributed by atoms with Gasteiger partial charge in [-0.3, -0.25) is 13.2 Å². The minimum Gasteiger partial charge on any atom is -0.759 e. The molecule has 0 spiro atoms. The van der Waals surface area contributed by atoms with Gasteiger partial charge >= 0.3 is 19.5 Å². The molecule has 0 fully saturated rings. The summed E-state index contributed by atoms with van der Waals surface area (Å²) in [7, 11) is -5.17. The normalized spacial score (nSPS) is 8.30. The van der Waals surface area contributed by atoms with Crippen LogP contribution in [0.5, 0.6) is 0 Å². The van der Waals surface area contributed by atoms with Gasteiger partial charge in [-0.2, -0.15) is 0 Å². The van der Waals surface area contributed by atoms with Gasteiger partial charge in [-0.1, -0.05) is 0 Å². The summed E-state index contributed by atoms with van der Waals surface area (Å²) in [5.41, 5.74) is 0. The van der Waals surface area contributed by atoms with Gasteiger partial charge in [0.15, 0.2) is 0 Å². The molecule has 0 aliphatic carbocycles. The second-order valence-electron chi connectivity index (χ2n) is 0.927. The summed E-state index contributed by atoms with van der Waals surface area (Å²) < 4.78 is 34.1. The Balaban J connectivity index is -0.0000000910. The van der Waals surface area contributed by atoms with E-state index in [1.165, 1.54) is 0 Å². The average molecular weight is 222 g/mol. The van der Waals surface area contributed by atoms with Gasteiger partial charge in [-0.05, 0) is 0 Å². The molecule has 10 heavy (non-hydrogen) atoms. The van der Waals surface area contributed by atoms with Crippen LogP contribution in [0.2, 0.25) is 0 Å². The second kappa shape index (κ2) is 7.07. The molecule has 0 aromatic rings. The zero-order valence-electron chi connectivity index (χ0n) is 5.10. The Kier molecular flexibility index (Phi) is 11.7. The molecule has 0 unspecified atom stereocenters. The molecule has 0 rings (SSSR count). The molecule has 0 aliphatic heterocycles. The Morgan fingerprint density at radius 2 is 1.40 bits per heavy atom. The van der Waals surface area contributed by atoms with Gasteiger partial charge in [0.25, 0.3) is 5.97 Å². The molecule has 0 saturated carbocycles. The van der Waals surface area contributed by atoms with Crippen LogP contribution in [-0.4, -0.2) is 28.6 Å². The third kappa shape index (κ3) is 288000. The molecule has 56 valence electrons. The first kappa shape index (κ1) is 16.5. The number of rotatable bonds is 0.